The summed E-state index contributed by atoms with van der Waals surface area (Å²) >= 11 is 5.89. The SMILES string of the molecule is COc1cc(C(=O)Nc2ccc([S@](C)=O)c(F)c2)ccc1Cl. The van der Waals surface area contributed by atoms with Crippen LogP contribution in [0, 0.1) is 5.82 Å². The van der Waals surface area contributed by atoms with E-state index in [1.165, 1.54) is 37.6 Å². The van der Waals surface area contributed by atoms with Crippen molar-refractivity contribution in [2.45, 2.75) is 4.90 Å². The van der Waals surface area contributed by atoms with Gasteiger partial charge in [-0.05, 0) is 36.4 Å². The highest BCUT2D eigenvalue weighted by atomic mass is 35.5. The van der Waals surface area contributed by atoms with E-state index >= 15 is 0 Å². The third-order valence-corrected chi connectivity index (χ3v) is 4.18. The summed E-state index contributed by atoms with van der Waals surface area (Å²) in [6, 6.07) is 8.56. The second-order valence-corrected chi connectivity index (χ2v) is 6.16. The number of amides is 1. The Morgan fingerprint density at radius 3 is 2.59 bits per heavy atom. The lowest BCUT2D eigenvalue weighted by Crippen LogP contribution is -2.12. The van der Waals surface area contributed by atoms with Crippen molar-refractivity contribution in [1.29, 1.82) is 0 Å². The van der Waals surface area contributed by atoms with Gasteiger partial charge in [0, 0.05) is 17.5 Å². The van der Waals surface area contributed by atoms with Crippen LogP contribution in [0.25, 0.3) is 0 Å². The third-order valence-electron chi connectivity index (χ3n) is 2.91. The fourth-order valence-corrected chi connectivity index (χ4v) is 2.60. The molecule has 4 nitrogen and oxygen atoms in total. The van der Waals surface area contributed by atoms with Crippen molar-refractivity contribution in [1.82, 2.24) is 0 Å². The first-order valence-corrected chi connectivity index (χ1v) is 8.14. The van der Waals surface area contributed by atoms with E-state index in [1.807, 2.05) is 0 Å². The molecule has 2 rings (SSSR count). The maximum absolute atomic E-state index is 13.7. The lowest BCUT2D eigenvalue weighted by molar-refractivity contribution is 0.102. The predicted octanol–water partition coefficient (Wildman–Crippen LogP) is 3.48. The molecule has 0 saturated heterocycles. The molecule has 0 saturated carbocycles. The summed E-state index contributed by atoms with van der Waals surface area (Å²) in [6.07, 6.45) is 1.39. The zero-order valence-electron chi connectivity index (χ0n) is 11.9. The molecule has 0 bridgehead atoms. The zero-order chi connectivity index (χ0) is 16.3. The number of rotatable bonds is 4. The summed E-state index contributed by atoms with van der Waals surface area (Å²) in [5, 5.41) is 2.95. The van der Waals surface area contributed by atoms with Crippen LogP contribution in [0.15, 0.2) is 41.3 Å². The van der Waals surface area contributed by atoms with E-state index < -0.39 is 22.5 Å². The molecule has 2 aromatic rings. The summed E-state index contributed by atoms with van der Waals surface area (Å²) < 4.78 is 30.1. The van der Waals surface area contributed by atoms with Crippen molar-refractivity contribution in [3.05, 3.63) is 52.8 Å². The first kappa shape index (κ1) is 16.5. The molecule has 0 aromatic heterocycles. The van der Waals surface area contributed by atoms with Crippen LogP contribution in [0.3, 0.4) is 0 Å². The first-order valence-electron chi connectivity index (χ1n) is 6.20. The van der Waals surface area contributed by atoms with E-state index in [1.54, 1.807) is 6.07 Å². The number of ether oxygens (including phenoxy) is 1. The minimum Gasteiger partial charge on any atom is -0.495 e. The predicted molar refractivity (Wildman–Crippen MR) is 84.7 cm³/mol. The van der Waals surface area contributed by atoms with Crippen molar-refractivity contribution in [3.8, 4) is 5.75 Å². The molecule has 1 N–H and O–H groups in total. The van der Waals surface area contributed by atoms with Crippen molar-refractivity contribution in [3.63, 3.8) is 0 Å². The van der Waals surface area contributed by atoms with Gasteiger partial charge in [-0.15, -0.1) is 0 Å². The molecule has 0 radical (unpaired) electrons. The van der Waals surface area contributed by atoms with Gasteiger partial charge in [0.2, 0.25) is 0 Å². The summed E-state index contributed by atoms with van der Waals surface area (Å²) in [7, 11) is 0.0229. The lowest BCUT2D eigenvalue weighted by Gasteiger charge is -2.09. The molecule has 0 aliphatic rings. The minimum absolute atomic E-state index is 0.0890. The monoisotopic (exact) mass is 341 g/mol. The van der Waals surface area contributed by atoms with Gasteiger partial charge in [0.1, 0.15) is 11.6 Å². The van der Waals surface area contributed by atoms with Gasteiger partial charge >= 0.3 is 0 Å². The molecule has 0 aliphatic heterocycles. The number of hydrogen-bond acceptors (Lipinski definition) is 3. The Hall–Kier alpha value is -1.92. The van der Waals surface area contributed by atoms with E-state index in [0.717, 1.165) is 6.07 Å². The Balaban J connectivity index is 2.22. The van der Waals surface area contributed by atoms with Crippen LogP contribution in [-0.4, -0.2) is 23.5 Å². The van der Waals surface area contributed by atoms with Crippen molar-refractivity contribution in [2.75, 3.05) is 18.7 Å². The number of halogens is 2. The molecule has 22 heavy (non-hydrogen) atoms. The van der Waals surface area contributed by atoms with Crippen LogP contribution < -0.4 is 10.1 Å². The smallest absolute Gasteiger partial charge is 0.255 e. The second kappa shape index (κ2) is 6.89. The first-order chi connectivity index (χ1) is 10.4. The van der Waals surface area contributed by atoms with Gasteiger partial charge < -0.3 is 10.1 Å². The van der Waals surface area contributed by atoms with E-state index in [0.29, 0.717) is 16.3 Å². The van der Waals surface area contributed by atoms with Crippen LogP contribution in [0.1, 0.15) is 10.4 Å². The fourth-order valence-electron chi connectivity index (χ4n) is 1.82. The average Bonchev–Trinajstić information content (AvgIpc) is 2.47. The number of carbonyl (C=O) groups excluding carboxylic acids is 1. The van der Waals surface area contributed by atoms with Gasteiger partial charge in [0.15, 0.2) is 0 Å². The molecule has 116 valence electrons. The molecular weight excluding hydrogens is 329 g/mol. The molecule has 0 aliphatic carbocycles. The number of benzene rings is 2. The van der Waals surface area contributed by atoms with Gasteiger partial charge in [-0.2, -0.15) is 0 Å². The Labute approximate surface area is 134 Å². The number of carbonyl (C=O) groups is 1. The van der Waals surface area contributed by atoms with Crippen LogP contribution >= 0.6 is 11.6 Å². The van der Waals surface area contributed by atoms with Gasteiger partial charge in [-0.25, -0.2) is 4.39 Å². The quantitative estimate of drug-likeness (QED) is 0.926. The summed E-state index contributed by atoms with van der Waals surface area (Å²) in [5.74, 6) is -0.690. The summed E-state index contributed by atoms with van der Waals surface area (Å²) in [5.41, 5.74) is 0.593. The summed E-state index contributed by atoms with van der Waals surface area (Å²) in [4.78, 5) is 12.2. The van der Waals surface area contributed by atoms with Crippen molar-refractivity contribution in [2.24, 2.45) is 0 Å². The van der Waals surface area contributed by atoms with E-state index in [4.69, 9.17) is 16.3 Å². The van der Waals surface area contributed by atoms with Gasteiger partial charge in [-0.1, -0.05) is 11.6 Å². The van der Waals surface area contributed by atoms with Crippen LogP contribution in [0.4, 0.5) is 10.1 Å². The Bertz CT molecular complexity index is 752. The highest BCUT2D eigenvalue weighted by Crippen LogP contribution is 2.25. The number of nitrogens with one attached hydrogen (secondary N) is 1. The van der Waals surface area contributed by atoms with Gasteiger partial charge in [0.05, 0.1) is 27.8 Å². The molecule has 1 amide bonds. The molecule has 0 fully saturated rings. The van der Waals surface area contributed by atoms with Crippen molar-refractivity contribution >= 4 is 34.0 Å². The molecule has 7 heteroatoms. The number of anilines is 1. The molecular formula is C15H13ClFNO3S. The Kier molecular flexibility index (Phi) is 5.15. The lowest BCUT2D eigenvalue weighted by atomic mass is 10.2. The zero-order valence-corrected chi connectivity index (χ0v) is 13.4. The Morgan fingerprint density at radius 1 is 1.27 bits per heavy atom. The highest BCUT2D eigenvalue weighted by Gasteiger charge is 2.12. The molecule has 1 atom stereocenters. The average molecular weight is 342 g/mol. The third kappa shape index (κ3) is 3.64. The van der Waals surface area contributed by atoms with E-state index in [2.05, 4.69) is 5.32 Å². The van der Waals surface area contributed by atoms with Crippen molar-refractivity contribution < 1.29 is 18.1 Å². The van der Waals surface area contributed by atoms with Gasteiger partial charge in [-0.3, -0.25) is 9.00 Å². The van der Waals surface area contributed by atoms with Crippen LogP contribution in [0.5, 0.6) is 5.75 Å². The number of methoxy groups -OCH3 is 1. The molecule has 0 heterocycles. The Morgan fingerprint density at radius 2 is 2.00 bits per heavy atom. The van der Waals surface area contributed by atoms with Gasteiger partial charge in [0.25, 0.3) is 5.91 Å². The fraction of sp³-hybridized carbons (Fsp3) is 0.133. The largest absolute Gasteiger partial charge is 0.495 e. The summed E-state index contributed by atoms with van der Waals surface area (Å²) in [6.45, 7) is 0. The maximum Gasteiger partial charge on any atom is 0.255 e. The second-order valence-electron chi connectivity index (χ2n) is 4.40. The van der Waals surface area contributed by atoms with Crippen LogP contribution in [-0.2, 0) is 10.8 Å². The molecule has 0 spiro atoms. The number of hydrogen-bond donors (Lipinski definition) is 1. The normalized spacial score (nSPS) is 11.8. The standard InChI is InChI=1S/C15H13ClFNO3S/c1-21-13-7-9(3-5-11(13)16)15(19)18-10-4-6-14(22(2)20)12(17)8-10/h3-8H,1-2H3,(H,18,19)/t22-/m0/s1. The topological polar surface area (TPSA) is 55.4 Å². The van der Waals surface area contributed by atoms with E-state index in [9.17, 15) is 13.4 Å². The minimum atomic E-state index is -1.42. The molecule has 2 aromatic carbocycles. The van der Waals surface area contributed by atoms with Crippen LogP contribution in [0.2, 0.25) is 5.02 Å². The maximum atomic E-state index is 13.7. The highest BCUT2D eigenvalue weighted by molar-refractivity contribution is 7.84. The molecule has 0 unspecified atom stereocenters. The van der Waals surface area contributed by atoms with E-state index in [-0.39, 0.29) is 10.6 Å².